The Morgan fingerprint density at radius 1 is 0.805 bits per heavy atom. The molecule has 41 heavy (non-hydrogen) atoms. The average Bonchev–Trinajstić information content (AvgIpc) is 3.36. The van der Waals surface area contributed by atoms with E-state index in [2.05, 4.69) is 20.9 Å². The Morgan fingerprint density at radius 3 is 2.24 bits per heavy atom. The van der Waals surface area contributed by atoms with E-state index in [9.17, 15) is 9.59 Å². The zero-order valence-electron chi connectivity index (χ0n) is 22.8. The van der Waals surface area contributed by atoms with Crippen LogP contribution in [0.25, 0.3) is 10.9 Å². The number of aromatic amines is 1. The van der Waals surface area contributed by atoms with E-state index in [0.717, 1.165) is 33.3 Å². The number of anilines is 2. The second-order valence-electron chi connectivity index (χ2n) is 9.92. The van der Waals surface area contributed by atoms with Gasteiger partial charge in [-0.25, -0.2) is 4.79 Å². The molecule has 6 N–H and O–H groups in total. The summed E-state index contributed by atoms with van der Waals surface area (Å²) in [5.74, 6) is 0.367. The quantitative estimate of drug-likeness (QED) is 0.150. The number of rotatable bonds is 10. The molecule has 0 saturated heterocycles. The summed E-state index contributed by atoms with van der Waals surface area (Å²) >= 11 is 0. The summed E-state index contributed by atoms with van der Waals surface area (Å²) in [4.78, 5) is 29.7. The molecule has 5 aromatic rings. The van der Waals surface area contributed by atoms with Gasteiger partial charge in [-0.3, -0.25) is 4.79 Å². The van der Waals surface area contributed by atoms with Gasteiger partial charge in [-0.05, 0) is 72.1 Å². The number of fused-ring (bicyclic) bond motifs is 1. The molecule has 4 aromatic carbocycles. The van der Waals surface area contributed by atoms with Crippen LogP contribution in [0.4, 0.5) is 16.2 Å². The lowest BCUT2D eigenvalue weighted by Gasteiger charge is -2.19. The lowest BCUT2D eigenvalue weighted by molar-refractivity contribution is -0.117. The molecule has 0 fully saturated rings. The van der Waals surface area contributed by atoms with Crippen LogP contribution in [0.15, 0.2) is 103 Å². The fourth-order valence-electron chi connectivity index (χ4n) is 4.54. The Kier molecular flexibility index (Phi) is 8.61. The maximum absolute atomic E-state index is 13.4. The number of hydrogen-bond donors (Lipinski definition) is 5. The van der Waals surface area contributed by atoms with Crippen LogP contribution in [0.1, 0.15) is 22.4 Å². The summed E-state index contributed by atoms with van der Waals surface area (Å²) in [6, 6.07) is 31.1. The number of nitrogens with one attached hydrogen (secondary N) is 4. The van der Waals surface area contributed by atoms with Gasteiger partial charge >= 0.3 is 6.03 Å². The van der Waals surface area contributed by atoms with Gasteiger partial charge in [-0.15, -0.1) is 0 Å². The summed E-state index contributed by atoms with van der Waals surface area (Å²) < 4.78 is 5.82. The molecule has 0 aliphatic heterocycles. The number of ether oxygens (including phenoxy) is 1. The minimum absolute atomic E-state index is 0.307. The van der Waals surface area contributed by atoms with Crippen molar-refractivity contribution in [2.45, 2.75) is 32.5 Å². The average molecular weight is 548 g/mol. The number of urea groups is 1. The van der Waals surface area contributed by atoms with Gasteiger partial charge in [0.1, 0.15) is 18.4 Å². The minimum atomic E-state index is -0.823. The molecule has 0 aliphatic rings. The molecule has 5 rings (SSSR count). The molecule has 0 radical (unpaired) electrons. The molecule has 0 aliphatic carbocycles. The van der Waals surface area contributed by atoms with Crippen molar-refractivity contribution in [2.75, 3.05) is 10.6 Å². The van der Waals surface area contributed by atoms with E-state index in [4.69, 9.17) is 10.5 Å². The van der Waals surface area contributed by atoms with Gasteiger partial charge in [0.15, 0.2) is 0 Å². The Balaban J connectivity index is 1.24. The van der Waals surface area contributed by atoms with Gasteiger partial charge in [-0.2, -0.15) is 0 Å². The molecule has 1 heterocycles. The Labute approximate surface area is 238 Å². The van der Waals surface area contributed by atoms with Gasteiger partial charge < -0.3 is 31.4 Å². The third-order valence-electron chi connectivity index (χ3n) is 6.70. The Bertz CT molecular complexity index is 1610. The number of aromatic nitrogens is 1. The molecule has 3 amide bonds. The van der Waals surface area contributed by atoms with E-state index in [1.165, 1.54) is 0 Å². The summed E-state index contributed by atoms with van der Waals surface area (Å²) in [7, 11) is 0. The van der Waals surface area contributed by atoms with Crippen molar-refractivity contribution in [2.24, 2.45) is 5.73 Å². The summed E-state index contributed by atoms with van der Waals surface area (Å²) in [5.41, 5.74) is 12.0. The summed E-state index contributed by atoms with van der Waals surface area (Å²) in [6.07, 6.45) is 0.307. The van der Waals surface area contributed by atoms with E-state index in [1.54, 1.807) is 24.3 Å². The van der Waals surface area contributed by atoms with Gasteiger partial charge in [0.2, 0.25) is 5.91 Å². The predicted octanol–water partition coefficient (Wildman–Crippen LogP) is 5.89. The topological polar surface area (TPSA) is 121 Å². The van der Waals surface area contributed by atoms with E-state index in [-0.39, 0.29) is 5.91 Å². The van der Waals surface area contributed by atoms with Crippen molar-refractivity contribution in [3.63, 3.8) is 0 Å². The molecule has 0 spiro atoms. The van der Waals surface area contributed by atoms with Crippen LogP contribution in [0.5, 0.6) is 5.75 Å². The van der Waals surface area contributed by atoms with Crippen molar-refractivity contribution in [3.8, 4) is 5.75 Å². The number of benzene rings is 4. The fraction of sp³-hybridized carbons (Fsp3) is 0.152. The fourth-order valence-corrected chi connectivity index (χ4v) is 4.54. The molecule has 8 heteroatoms. The molecule has 8 nitrogen and oxygen atoms in total. The number of nitrogens with two attached hydrogens (primary N) is 1. The van der Waals surface area contributed by atoms with Crippen LogP contribution in [0.3, 0.4) is 0 Å². The van der Waals surface area contributed by atoms with Gasteiger partial charge in [0.05, 0.1) is 0 Å². The number of hydrogen-bond acceptors (Lipinski definition) is 4. The highest BCUT2D eigenvalue weighted by Crippen LogP contribution is 2.21. The van der Waals surface area contributed by atoms with E-state index in [0.29, 0.717) is 36.7 Å². The number of amides is 3. The molecule has 208 valence electrons. The molecule has 1 aromatic heterocycles. The number of H-pyrrole nitrogens is 1. The van der Waals surface area contributed by atoms with Crippen LogP contribution < -0.4 is 26.4 Å². The van der Waals surface area contributed by atoms with Gasteiger partial charge in [0, 0.05) is 40.9 Å². The molecular formula is C33H33N5O3. The van der Waals surface area contributed by atoms with Crippen molar-refractivity contribution < 1.29 is 14.3 Å². The molecule has 0 saturated carbocycles. The first kappa shape index (κ1) is 27.5. The number of aryl methyl sites for hydroxylation is 1. The standard InChI is InChI=1S/C33H33N5O3/c1-22-17-26-19-28(13-16-30(26)35-22)36-32(39)31(18-23-7-9-24(20-34)10-8-23)38-33(40)37-27-11-14-29(15-12-27)41-21-25-5-3-2-4-6-25/h2-17,19,31,35H,18,20-21,34H2,1H3,(H,36,39)(H2,37,38,40). The van der Waals surface area contributed by atoms with Crippen LogP contribution >= 0.6 is 0 Å². The smallest absolute Gasteiger partial charge is 0.319 e. The highest BCUT2D eigenvalue weighted by Gasteiger charge is 2.22. The van der Waals surface area contributed by atoms with E-state index >= 15 is 0 Å². The maximum Gasteiger partial charge on any atom is 0.319 e. The Hall–Kier alpha value is -5.08. The first-order chi connectivity index (χ1) is 19.9. The second-order valence-corrected chi connectivity index (χ2v) is 9.92. The van der Waals surface area contributed by atoms with Crippen molar-refractivity contribution in [3.05, 3.63) is 126 Å². The van der Waals surface area contributed by atoms with E-state index < -0.39 is 12.1 Å². The lowest BCUT2D eigenvalue weighted by Crippen LogP contribution is -2.46. The molecule has 0 bridgehead atoms. The monoisotopic (exact) mass is 547 g/mol. The lowest BCUT2D eigenvalue weighted by atomic mass is 10.0. The van der Waals surface area contributed by atoms with Crippen LogP contribution in [0, 0.1) is 6.92 Å². The predicted molar refractivity (Wildman–Crippen MR) is 163 cm³/mol. The van der Waals surface area contributed by atoms with E-state index in [1.807, 2.05) is 85.8 Å². The van der Waals surface area contributed by atoms with Crippen molar-refractivity contribution in [1.29, 1.82) is 0 Å². The van der Waals surface area contributed by atoms with Crippen molar-refractivity contribution >= 4 is 34.2 Å². The maximum atomic E-state index is 13.4. The first-order valence-corrected chi connectivity index (χ1v) is 13.5. The normalized spacial score (nSPS) is 11.6. The number of carbonyl (C=O) groups excluding carboxylic acids is 2. The SMILES string of the molecule is Cc1cc2cc(NC(=O)C(Cc3ccc(CN)cc3)NC(=O)Nc3ccc(OCc4ccccc4)cc3)ccc2[nH]1. The molecule has 1 atom stereocenters. The van der Waals surface area contributed by atoms with Gasteiger partial charge in [-0.1, -0.05) is 54.6 Å². The highest BCUT2D eigenvalue weighted by atomic mass is 16.5. The van der Waals surface area contributed by atoms with Crippen molar-refractivity contribution in [1.82, 2.24) is 10.3 Å². The zero-order valence-corrected chi connectivity index (χ0v) is 22.8. The number of carbonyl (C=O) groups is 2. The van der Waals surface area contributed by atoms with Gasteiger partial charge in [0.25, 0.3) is 0 Å². The Morgan fingerprint density at radius 2 is 1.51 bits per heavy atom. The largest absolute Gasteiger partial charge is 0.489 e. The third kappa shape index (κ3) is 7.52. The molecular weight excluding hydrogens is 514 g/mol. The first-order valence-electron chi connectivity index (χ1n) is 13.5. The minimum Gasteiger partial charge on any atom is -0.489 e. The summed E-state index contributed by atoms with van der Waals surface area (Å²) in [6.45, 7) is 2.87. The zero-order chi connectivity index (χ0) is 28.6. The second kappa shape index (κ2) is 12.8. The highest BCUT2D eigenvalue weighted by molar-refractivity contribution is 6.00. The summed E-state index contributed by atoms with van der Waals surface area (Å²) in [5, 5.41) is 9.61. The van der Waals surface area contributed by atoms with Crippen LogP contribution in [-0.4, -0.2) is 23.0 Å². The third-order valence-corrected chi connectivity index (χ3v) is 6.70. The van der Waals surface area contributed by atoms with Crippen LogP contribution in [0.2, 0.25) is 0 Å². The van der Waals surface area contributed by atoms with Crippen LogP contribution in [-0.2, 0) is 24.4 Å². The molecule has 1 unspecified atom stereocenters.